The van der Waals surface area contributed by atoms with Gasteiger partial charge < -0.3 is 24.3 Å². The van der Waals surface area contributed by atoms with E-state index >= 15 is 0 Å². The van der Waals surface area contributed by atoms with Crippen LogP contribution in [0.5, 0.6) is 0 Å². The molecule has 8 heteroatoms. The van der Waals surface area contributed by atoms with Gasteiger partial charge in [-0.1, -0.05) is 0 Å². The van der Waals surface area contributed by atoms with Crippen molar-refractivity contribution in [2.45, 2.75) is 25.6 Å². The SMILES string of the molecule is CC(O)COC(CC(=O)O)C(=O)O.[Ca+2].[H-].[H-].[H-].[Na+]. The molecule has 0 saturated carbocycles. The minimum atomic E-state index is -1.40. The molecular weight excluding hydrogens is 243 g/mol. The van der Waals surface area contributed by atoms with Crippen molar-refractivity contribution in [3.8, 4) is 0 Å². The number of ether oxygens (including phenoxy) is 1. The summed E-state index contributed by atoms with van der Waals surface area (Å²) in [6.45, 7) is 1.23. The molecule has 3 N–H and O–H groups in total. The van der Waals surface area contributed by atoms with E-state index in [0.29, 0.717) is 0 Å². The third-order valence-electron chi connectivity index (χ3n) is 1.17. The summed E-state index contributed by atoms with van der Waals surface area (Å²) in [5, 5.41) is 25.5. The Morgan fingerprint density at radius 3 is 2.13 bits per heavy atom. The number of aliphatic carboxylic acids is 2. The molecule has 0 saturated heterocycles. The molecule has 0 aromatic heterocycles. The van der Waals surface area contributed by atoms with Gasteiger partial charge in [0.25, 0.3) is 0 Å². The molecule has 0 spiro atoms. The van der Waals surface area contributed by atoms with E-state index in [2.05, 4.69) is 4.74 Å². The average molecular weight is 258 g/mol. The van der Waals surface area contributed by atoms with Crippen LogP contribution in [0.25, 0.3) is 0 Å². The maximum absolute atomic E-state index is 10.4. The first kappa shape index (κ1) is 21.4. The first-order valence-corrected chi connectivity index (χ1v) is 3.67. The quantitative estimate of drug-likeness (QED) is 0.423. The van der Waals surface area contributed by atoms with Gasteiger partial charge in [0, 0.05) is 0 Å². The van der Waals surface area contributed by atoms with Crippen molar-refractivity contribution >= 4 is 49.7 Å². The number of aliphatic hydroxyl groups excluding tert-OH is 1. The first-order chi connectivity index (χ1) is 5.93. The largest absolute Gasteiger partial charge is 2.00 e. The molecular formula is C7H15CaNaO6. The van der Waals surface area contributed by atoms with Crippen LogP contribution in [-0.4, -0.2) is 83.8 Å². The number of carboxylic acids is 2. The molecule has 0 aromatic rings. The molecule has 0 fully saturated rings. The monoisotopic (exact) mass is 258 g/mol. The molecule has 0 amide bonds. The second-order valence-electron chi connectivity index (χ2n) is 2.61. The Labute approximate surface area is 144 Å². The Balaban J connectivity index is -0.0000000720. The second kappa shape index (κ2) is 11.6. The van der Waals surface area contributed by atoms with Crippen molar-refractivity contribution in [2.75, 3.05) is 6.61 Å². The normalized spacial score (nSPS) is 12.9. The molecule has 0 aliphatic rings. The van der Waals surface area contributed by atoms with E-state index in [-0.39, 0.29) is 78.2 Å². The van der Waals surface area contributed by atoms with Crippen molar-refractivity contribution < 1.29 is 63.5 Å². The van der Waals surface area contributed by atoms with Gasteiger partial charge in [-0.2, -0.15) is 0 Å². The summed E-state index contributed by atoms with van der Waals surface area (Å²) in [5.41, 5.74) is 0. The molecule has 82 valence electrons. The van der Waals surface area contributed by atoms with Gasteiger partial charge in [-0.15, -0.1) is 0 Å². The molecule has 0 aliphatic heterocycles. The van der Waals surface area contributed by atoms with E-state index < -0.39 is 30.6 Å². The van der Waals surface area contributed by atoms with Crippen molar-refractivity contribution in [1.29, 1.82) is 0 Å². The van der Waals surface area contributed by atoms with Gasteiger partial charge in [-0.3, -0.25) is 4.79 Å². The molecule has 0 heterocycles. The fourth-order valence-corrected chi connectivity index (χ4v) is 0.632. The fraction of sp³-hybridized carbons (Fsp3) is 0.714. The fourth-order valence-electron chi connectivity index (χ4n) is 0.632. The maximum atomic E-state index is 10.4. The Kier molecular flexibility index (Phi) is 16.6. The third-order valence-corrected chi connectivity index (χ3v) is 1.17. The average Bonchev–Trinajstić information content (AvgIpc) is 1.96. The summed E-state index contributed by atoms with van der Waals surface area (Å²) >= 11 is 0. The summed E-state index contributed by atoms with van der Waals surface area (Å²) in [5.74, 6) is -2.60. The minimum Gasteiger partial charge on any atom is -1.00 e. The number of rotatable bonds is 6. The van der Waals surface area contributed by atoms with E-state index in [1.165, 1.54) is 6.92 Å². The molecule has 0 aliphatic carbocycles. The van der Waals surface area contributed by atoms with Crippen LogP contribution >= 0.6 is 0 Å². The second-order valence-corrected chi connectivity index (χ2v) is 2.61. The number of aliphatic hydroxyl groups is 1. The predicted molar refractivity (Wildman–Crippen MR) is 50.4 cm³/mol. The molecule has 2 unspecified atom stereocenters. The number of hydrogen-bond acceptors (Lipinski definition) is 4. The van der Waals surface area contributed by atoms with Gasteiger partial charge >= 0.3 is 79.2 Å². The van der Waals surface area contributed by atoms with Crippen molar-refractivity contribution in [1.82, 2.24) is 0 Å². The smallest absolute Gasteiger partial charge is 1.00 e. The van der Waals surface area contributed by atoms with Crippen molar-refractivity contribution in [2.24, 2.45) is 0 Å². The topological polar surface area (TPSA) is 104 Å². The zero-order valence-electron chi connectivity index (χ0n) is 11.8. The van der Waals surface area contributed by atoms with Crippen LogP contribution in [0.3, 0.4) is 0 Å². The van der Waals surface area contributed by atoms with E-state index in [1.807, 2.05) is 0 Å². The third kappa shape index (κ3) is 13.1. The standard InChI is InChI=1S/C7H12O6.Ca.Na.3H/c1-4(8)3-13-5(7(11)12)2-6(9)10;;;;;/h4-5,8H,2-3H2,1H3,(H,9,10)(H,11,12);;;;;/q;+2;+1;3*-1. The van der Waals surface area contributed by atoms with Crippen LogP contribution in [0, 0.1) is 0 Å². The predicted octanol–water partition coefficient (Wildman–Crippen LogP) is -3.73. The van der Waals surface area contributed by atoms with Gasteiger partial charge in [-0.05, 0) is 6.92 Å². The van der Waals surface area contributed by atoms with E-state index in [0.717, 1.165) is 0 Å². The number of carbonyl (C=O) groups is 2. The van der Waals surface area contributed by atoms with Gasteiger partial charge in [0.15, 0.2) is 6.10 Å². The van der Waals surface area contributed by atoms with E-state index in [9.17, 15) is 9.59 Å². The molecule has 6 nitrogen and oxygen atoms in total. The Bertz CT molecular complexity index is 210. The number of carboxylic acid groups (broad SMARTS) is 2. The van der Waals surface area contributed by atoms with Gasteiger partial charge in [0.05, 0.1) is 19.1 Å². The Hall–Kier alpha value is 1.12. The molecule has 0 radical (unpaired) electrons. The maximum Gasteiger partial charge on any atom is 2.00 e. The molecule has 15 heavy (non-hydrogen) atoms. The van der Waals surface area contributed by atoms with Crippen LogP contribution in [0.4, 0.5) is 0 Å². The van der Waals surface area contributed by atoms with Gasteiger partial charge in [0.1, 0.15) is 0 Å². The van der Waals surface area contributed by atoms with Crippen LogP contribution in [0.15, 0.2) is 0 Å². The summed E-state index contributed by atoms with van der Waals surface area (Å²) in [7, 11) is 0. The van der Waals surface area contributed by atoms with Crippen LogP contribution < -0.4 is 29.6 Å². The molecule has 0 aromatic carbocycles. The zero-order valence-corrected chi connectivity index (χ0v) is 13.1. The van der Waals surface area contributed by atoms with Crippen LogP contribution in [0.1, 0.15) is 17.6 Å². The van der Waals surface area contributed by atoms with E-state index in [4.69, 9.17) is 15.3 Å². The molecule has 2 atom stereocenters. The summed E-state index contributed by atoms with van der Waals surface area (Å²) < 4.78 is 4.65. The summed E-state index contributed by atoms with van der Waals surface area (Å²) in [6, 6.07) is 0. The first-order valence-electron chi connectivity index (χ1n) is 3.67. The summed E-state index contributed by atoms with van der Waals surface area (Å²) in [4.78, 5) is 20.5. The van der Waals surface area contributed by atoms with Crippen LogP contribution in [-0.2, 0) is 14.3 Å². The minimum absolute atomic E-state index is 0. The van der Waals surface area contributed by atoms with Crippen LogP contribution in [0.2, 0.25) is 0 Å². The summed E-state index contributed by atoms with van der Waals surface area (Å²) in [6.07, 6.45) is -2.81. The van der Waals surface area contributed by atoms with Gasteiger partial charge in [0.2, 0.25) is 0 Å². The molecule has 0 rings (SSSR count). The zero-order chi connectivity index (χ0) is 10.4. The Morgan fingerprint density at radius 2 is 1.87 bits per heavy atom. The van der Waals surface area contributed by atoms with E-state index in [1.54, 1.807) is 0 Å². The van der Waals surface area contributed by atoms with Gasteiger partial charge in [-0.25, -0.2) is 4.79 Å². The molecule has 0 bridgehead atoms. The van der Waals surface area contributed by atoms with Crippen molar-refractivity contribution in [3.05, 3.63) is 0 Å². The van der Waals surface area contributed by atoms with Crippen molar-refractivity contribution in [3.63, 3.8) is 0 Å². The Morgan fingerprint density at radius 1 is 1.40 bits per heavy atom. The number of hydrogen-bond donors (Lipinski definition) is 3.